The van der Waals surface area contributed by atoms with Crippen molar-refractivity contribution in [2.24, 2.45) is 5.14 Å². The van der Waals surface area contributed by atoms with Gasteiger partial charge < -0.3 is 0 Å². The van der Waals surface area contributed by atoms with E-state index >= 15 is 0 Å². The van der Waals surface area contributed by atoms with Crippen LogP contribution in [0.15, 0.2) is 29.2 Å². The van der Waals surface area contributed by atoms with Crippen LogP contribution in [0.1, 0.15) is 6.42 Å². The SMILES string of the molecule is NS(=O)(=O)CCCNS(=O)(=O)c1ccc(Cl)cc1. The van der Waals surface area contributed by atoms with Crippen LogP contribution in [-0.2, 0) is 20.0 Å². The van der Waals surface area contributed by atoms with Crippen molar-refractivity contribution in [1.82, 2.24) is 4.72 Å². The smallest absolute Gasteiger partial charge is 0.229 e. The standard InChI is InChI=1S/C9H13ClN2O4S2/c10-8-2-4-9(5-3-8)18(15,16)12-6-1-7-17(11,13)14/h2-5,12H,1,6-7H2,(H2,11,13,14). The number of primary sulfonamides is 1. The van der Waals surface area contributed by atoms with Gasteiger partial charge in [0.1, 0.15) is 0 Å². The maximum absolute atomic E-state index is 11.7. The first-order valence-corrected chi connectivity index (χ1v) is 8.54. The van der Waals surface area contributed by atoms with Crippen LogP contribution >= 0.6 is 11.6 Å². The van der Waals surface area contributed by atoms with Crippen molar-refractivity contribution in [3.63, 3.8) is 0 Å². The Bertz CT molecular complexity index is 596. The Morgan fingerprint density at radius 1 is 1.11 bits per heavy atom. The van der Waals surface area contributed by atoms with Crippen molar-refractivity contribution in [3.8, 4) is 0 Å². The van der Waals surface area contributed by atoms with Gasteiger partial charge in [0.25, 0.3) is 0 Å². The minimum atomic E-state index is -3.64. The summed E-state index contributed by atoms with van der Waals surface area (Å²) < 4.78 is 47.0. The van der Waals surface area contributed by atoms with Gasteiger partial charge in [-0.2, -0.15) is 0 Å². The summed E-state index contributed by atoms with van der Waals surface area (Å²) in [5, 5.41) is 5.23. The van der Waals surface area contributed by atoms with E-state index in [9.17, 15) is 16.8 Å². The molecule has 6 nitrogen and oxygen atoms in total. The minimum Gasteiger partial charge on any atom is -0.229 e. The molecule has 1 rings (SSSR count). The molecule has 0 saturated heterocycles. The van der Waals surface area contributed by atoms with Crippen LogP contribution in [0, 0.1) is 0 Å². The van der Waals surface area contributed by atoms with Gasteiger partial charge in [-0.15, -0.1) is 0 Å². The molecule has 0 aliphatic rings. The molecular weight excluding hydrogens is 300 g/mol. The topological polar surface area (TPSA) is 106 Å². The largest absolute Gasteiger partial charge is 0.240 e. The Kier molecular flexibility index (Phi) is 5.11. The Morgan fingerprint density at radius 2 is 1.67 bits per heavy atom. The quantitative estimate of drug-likeness (QED) is 0.736. The van der Waals surface area contributed by atoms with Gasteiger partial charge in [-0.1, -0.05) is 11.6 Å². The highest BCUT2D eigenvalue weighted by Gasteiger charge is 2.13. The van der Waals surface area contributed by atoms with Crippen LogP contribution in [0.4, 0.5) is 0 Å². The average molecular weight is 313 g/mol. The van der Waals surface area contributed by atoms with Gasteiger partial charge in [0.2, 0.25) is 20.0 Å². The summed E-state index contributed by atoms with van der Waals surface area (Å²) in [7, 11) is -7.20. The molecule has 0 spiro atoms. The predicted octanol–water partition coefficient (Wildman–Crippen LogP) is 0.297. The van der Waals surface area contributed by atoms with Gasteiger partial charge in [-0.25, -0.2) is 26.7 Å². The first-order valence-electron chi connectivity index (χ1n) is 4.96. The fourth-order valence-corrected chi connectivity index (χ4v) is 2.92. The van der Waals surface area contributed by atoms with Crippen LogP contribution in [0.2, 0.25) is 5.02 Å². The number of halogens is 1. The van der Waals surface area contributed by atoms with Crippen molar-refractivity contribution >= 4 is 31.6 Å². The van der Waals surface area contributed by atoms with E-state index in [1.54, 1.807) is 0 Å². The zero-order chi connectivity index (χ0) is 13.8. The highest BCUT2D eigenvalue weighted by atomic mass is 35.5. The first kappa shape index (κ1) is 15.4. The highest BCUT2D eigenvalue weighted by molar-refractivity contribution is 7.89. The van der Waals surface area contributed by atoms with Crippen LogP contribution in [0.3, 0.4) is 0 Å². The number of hydrogen-bond acceptors (Lipinski definition) is 4. The van der Waals surface area contributed by atoms with E-state index in [-0.39, 0.29) is 23.6 Å². The Morgan fingerprint density at radius 3 is 2.17 bits per heavy atom. The molecular formula is C9H13ClN2O4S2. The molecule has 0 fully saturated rings. The van der Waals surface area contributed by atoms with Crippen LogP contribution in [0.5, 0.6) is 0 Å². The normalized spacial score (nSPS) is 12.6. The second-order valence-corrected chi connectivity index (χ2v) is 7.51. The van der Waals surface area contributed by atoms with E-state index in [1.807, 2.05) is 0 Å². The number of hydrogen-bond donors (Lipinski definition) is 2. The number of nitrogens with one attached hydrogen (secondary N) is 1. The molecule has 0 aromatic heterocycles. The molecule has 0 heterocycles. The van der Waals surface area contributed by atoms with Crippen molar-refractivity contribution in [2.45, 2.75) is 11.3 Å². The summed E-state index contributed by atoms with van der Waals surface area (Å²) in [5.41, 5.74) is 0. The molecule has 102 valence electrons. The lowest BCUT2D eigenvalue weighted by molar-refractivity contribution is 0.576. The van der Waals surface area contributed by atoms with Crippen LogP contribution in [-0.4, -0.2) is 29.1 Å². The van der Waals surface area contributed by atoms with E-state index in [0.29, 0.717) is 5.02 Å². The molecule has 0 radical (unpaired) electrons. The van der Waals surface area contributed by atoms with Crippen LogP contribution in [0.25, 0.3) is 0 Å². The molecule has 0 atom stereocenters. The van der Waals surface area contributed by atoms with Crippen molar-refractivity contribution in [1.29, 1.82) is 0 Å². The molecule has 9 heteroatoms. The molecule has 0 aliphatic heterocycles. The van der Waals surface area contributed by atoms with E-state index < -0.39 is 20.0 Å². The van der Waals surface area contributed by atoms with Gasteiger partial charge in [-0.05, 0) is 30.7 Å². The Balaban J connectivity index is 2.58. The van der Waals surface area contributed by atoms with Crippen molar-refractivity contribution in [2.75, 3.05) is 12.3 Å². The third-order valence-corrected chi connectivity index (χ3v) is 4.61. The summed E-state index contributed by atoms with van der Waals surface area (Å²) in [5.74, 6) is -0.268. The molecule has 0 bridgehead atoms. The van der Waals surface area contributed by atoms with E-state index in [1.165, 1.54) is 24.3 Å². The molecule has 0 saturated carbocycles. The maximum atomic E-state index is 11.7. The van der Waals surface area contributed by atoms with Gasteiger partial charge in [0, 0.05) is 11.6 Å². The zero-order valence-corrected chi connectivity index (χ0v) is 11.7. The number of sulfonamides is 2. The summed E-state index contributed by atoms with van der Waals surface area (Å²) >= 11 is 5.64. The predicted molar refractivity (Wildman–Crippen MR) is 69.2 cm³/mol. The minimum absolute atomic E-state index is 0.00138. The molecule has 1 aromatic rings. The van der Waals surface area contributed by atoms with Crippen molar-refractivity contribution < 1.29 is 16.8 Å². The molecule has 0 unspecified atom stereocenters. The van der Waals surface area contributed by atoms with Gasteiger partial charge in [-0.3, -0.25) is 0 Å². The highest BCUT2D eigenvalue weighted by Crippen LogP contribution is 2.13. The molecule has 1 aromatic carbocycles. The number of rotatable bonds is 6. The second-order valence-electron chi connectivity index (χ2n) is 3.57. The molecule has 3 N–H and O–H groups in total. The van der Waals surface area contributed by atoms with E-state index in [0.717, 1.165) is 0 Å². The Hall–Kier alpha value is -0.670. The fourth-order valence-electron chi connectivity index (χ4n) is 1.18. The average Bonchev–Trinajstić information content (AvgIpc) is 2.24. The molecule has 18 heavy (non-hydrogen) atoms. The van der Waals surface area contributed by atoms with Gasteiger partial charge >= 0.3 is 0 Å². The molecule has 0 aliphatic carbocycles. The first-order chi connectivity index (χ1) is 8.21. The lowest BCUT2D eigenvalue weighted by Crippen LogP contribution is -2.27. The lowest BCUT2D eigenvalue weighted by atomic mass is 10.4. The summed E-state index contributed by atoms with van der Waals surface area (Å²) in [6, 6.07) is 5.65. The maximum Gasteiger partial charge on any atom is 0.240 e. The second kappa shape index (κ2) is 5.98. The zero-order valence-electron chi connectivity index (χ0n) is 9.34. The lowest BCUT2D eigenvalue weighted by Gasteiger charge is -2.06. The monoisotopic (exact) mass is 312 g/mol. The van der Waals surface area contributed by atoms with Gasteiger partial charge in [0.05, 0.1) is 10.6 Å². The fraction of sp³-hybridized carbons (Fsp3) is 0.333. The third kappa shape index (κ3) is 5.32. The summed E-state index contributed by atoms with van der Waals surface area (Å²) in [4.78, 5) is 0.0718. The van der Waals surface area contributed by atoms with Crippen molar-refractivity contribution in [3.05, 3.63) is 29.3 Å². The third-order valence-electron chi connectivity index (χ3n) is 2.02. The summed E-state index contributed by atoms with van der Waals surface area (Å²) in [6.07, 6.45) is 0.117. The number of benzene rings is 1. The van der Waals surface area contributed by atoms with E-state index in [2.05, 4.69) is 4.72 Å². The summed E-state index contributed by atoms with van der Waals surface area (Å²) in [6.45, 7) is 0.00138. The van der Waals surface area contributed by atoms with Gasteiger partial charge in [0.15, 0.2) is 0 Å². The molecule has 0 amide bonds. The van der Waals surface area contributed by atoms with Crippen LogP contribution < -0.4 is 9.86 Å². The van der Waals surface area contributed by atoms with E-state index in [4.69, 9.17) is 16.7 Å². The number of nitrogens with two attached hydrogens (primary N) is 1. The Labute approximate surface area is 111 Å².